The predicted octanol–water partition coefficient (Wildman–Crippen LogP) is 3.07. The van der Waals surface area contributed by atoms with Crippen molar-refractivity contribution >= 4 is 45.2 Å². The number of hydrogen-bond acceptors (Lipinski definition) is 6. The maximum atomic E-state index is 12.5. The summed E-state index contributed by atoms with van der Waals surface area (Å²) in [5.41, 5.74) is 6.45. The normalized spacial score (nSPS) is 10.6. The summed E-state index contributed by atoms with van der Waals surface area (Å²) >= 11 is 4.91. The standard InChI is InChI=1S/C18H16BrN5O2S/c1-24-17(26)15(10-27-14-8-4-12(19)5-9-14)22-23-18(24)21-13-6-2-11(3-7-13)16(20)25/h2-9H,10H2,1H3,(H2,20,25)(H,21,23). The topological polar surface area (TPSA) is 103 Å². The molecule has 0 aliphatic carbocycles. The summed E-state index contributed by atoms with van der Waals surface area (Å²) in [5.74, 6) is 0.236. The molecule has 0 aliphatic heterocycles. The van der Waals surface area contributed by atoms with Gasteiger partial charge in [0.1, 0.15) is 5.69 Å². The maximum absolute atomic E-state index is 12.5. The summed E-state index contributed by atoms with van der Waals surface area (Å²) in [4.78, 5) is 24.7. The molecule has 0 saturated carbocycles. The van der Waals surface area contributed by atoms with Crippen molar-refractivity contribution in [1.29, 1.82) is 0 Å². The van der Waals surface area contributed by atoms with Crippen molar-refractivity contribution < 1.29 is 4.79 Å². The first kappa shape index (κ1) is 19.1. The van der Waals surface area contributed by atoms with Crippen LogP contribution in [-0.4, -0.2) is 20.7 Å². The number of carbonyl (C=O) groups excluding carboxylic acids is 1. The quantitative estimate of drug-likeness (QED) is 0.565. The van der Waals surface area contributed by atoms with Gasteiger partial charge in [-0.1, -0.05) is 15.9 Å². The minimum atomic E-state index is -0.499. The fourth-order valence-corrected chi connectivity index (χ4v) is 3.31. The number of carbonyl (C=O) groups is 1. The van der Waals surface area contributed by atoms with Gasteiger partial charge < -0.3 is 11.1 Å². The molecule has 138 valence electrons. The summed E-state index contributed by atoms with van der Waals surface area (Å²) in [6.45, 7) is 0. The molecule has 0 bridgehead atoms. The van der Waals surface area contributed by atoms with Gasteiger partial charge in [-0.25, -0.2) is 0 Å². The number of benzene rings is 2. The van der Waals surface area contributed by atoms with Gasteiger partial charge in [-0.3, -0.25) is 14.2 Å². The summed E-state index contributed by atoms with van der Waals surface area (Å²) < 4.78 is 2.41. The molecule has 3 aromatic rings. The number of nitrogens with one attached hydrogen (secondary N) is 1. The van der Waals surface area contributed by atoms with Gasteiger partial charge in [-0.15, -0.1) is 22.0 Å². The Morgan fingerprint density at radius 1 is 1.15 bits per heavy atom. The number of nitrogens with two attached hydrogens (primary N) is 1. The first-order valence-electron chi connectivity index (χ1n) is 7.92. The zero-order chi connectivity index (χ0) is 19.4. The predicted molar refractivity (Wildman–Crippen MR) is 109 cm³/mol. The molecule has 0 radical (unpaired) electrons. The van der Waals surface area contributed by atoms with Crippen molar-refractivity contribution in [3.05, 3.63) is 74.6 Å². The van der Waals surface area contributed by atoms with Crippen LogP contribution in [0.5, 0.6) is 0 Å². The Morgan fingerprint density at radius 3 is 2.44 bits per heavy atom. The van der Waals surface area contributed by atoms with Crippen LogP contribution in [0.1, 0.15) is 16.1 Å². The lowest BCUT2D eigenvalue weighted by Crippen LogP contribution is -2.26. The molecule has 0 aliphatic rings. The van der Waals surface area contributed by atoms with Crippen molar-refractivity contribution in [2.45, 2.75) is 10.6 Å². The van der Waals surface area contributed by atoms with Crippen LogP contribution in [0, 0.1) is 0 Å². The Bertz CT molecular complexity index is 1020. The van der Waals surface area contributed by atoms with Gasteiger partial charge in [0.25, 0.3) is 5.56 Å². The van der Waals surface area contributed by atoms with Gasteiger partial charge in [0, 0.05) is 33.4 Å². The first-order chi connectivity index (χ1) is 12.9. The molecule has 3 N–H and O–H groups in total. The Kier molecular flexibility index (Phi) is 5.92. The van der Waals surface area contributed by atoms with Crippen molar-refractivity contribution in [2.75, 3.05) is 5.32 Å². The molecule has 1 heterocycles. The molecular formula is C18H16BrN5O2S. The van der Waals surface area contributed by atoms with E-state index >= 15 is 0 Å². The molecule has 0 atom stereocenters. The van der Waals surface area contributed by atoms with Crippen molar-refractivity contribution in [3.8, 4) is 0 Å². The number of anilines is 2. The second-order valence-corrected chi connectivity index (χ2v) is 7.61. The minimum absolute atomic E-state index is 0.217. The van der Waals surface area contributed by atoms with E-state index in [0.29, 0.717) is 28.6 Å². The molecule has 3 rings (SSSR count). The second kappa shape index (κ2) is 8.36. The number of hydrogen-bond donors (Lipinski definition) is 2. The second-order valence-electron chi connectivity index (χ2n) is 5.64. The van der Waals surface area contributed by atoms with Gasteiger partial charge in [0.15, 0.2) is 0 Å². The van der Waals surface area contributed by atoms with E-state index in [-0.39, 0.29) is 5.56 Å². The molecule has 0 spiro atoms. The van der Waals surface area contributed by atoms with Crippen LogP contribution in [0.15, 0.2) is 62.7 Å². The van der Waals surface area contributed by atoms with E-state index < -0.39 is 5.91 Å². The Hall–Kier alpha value is -2.65. The van der Waals surface area contributed by atoms with E-state index in [0.717, 1.165) is 9.37 Å². The number of halogens is 1. The smallest absolute Gasteiger partial charge is 0.277 e. The third-order valence-corrected chi connectivity index (χ3v) is 5.30. The first-order valence-corrected chi connectivity index (χ1v) is 9.70. The molecule has 27 heavy (non-hydrogen) atoms. The third-order valence-electron chi connectivity index (χ3n) is 3.75. The summed E-state index contributed by atoms with van der Waals surface area (Å²) in [5, 5.41) is 11.2. The van der Waals surface area contributed by atoms with Crippen LogP contribution in [-0.2, 0) is 12.8 Å². The van der Waals surface area contributed by atoms with Crippen LogP contribution in [0.4, 0.5) is 11.6 Å². The van der Waals surface area contributed by atoms with Gasteiger partial charge >= 0.3 is 0 Å². The molecule has 9 heteroatoms. The van der Waals surface area contributed by atoms with Gasteiger partial charge in [-0.05, 0) is 48.5 Å². The van der Waals surface area contributed by atoms with Gasteiger partial charge in [-0.2, -0.15) is 0 Å². The molecule has 7 nitrogen and oxygen atoms in total. The lowest BCUT2D eigenvalue weighted by Gasteiger charge is -2.10. The average Bonchev–Trinajstić information content (AvgIpc) is 2.66. The van der Waals surface area contributed by atoms with Crippen LogP contribution in [0.25, 0.3) is 0 Å². The number of nitrogens with zero attached hydrogens (tertiary/aromatic N) is 3. The largest absolute Gasteiger partial charge is 0.366 e. The van der Waals surface area contributed by atoms with Crippen molar-refractivity contribution in [1.82, 2.24) is 14.8 Å². The zero-order valence-corrected chi connectivity index (χ0v) is 16.8. The van der Waals surface area contributed by atoms with E-state index in [1.165, 1.54) is 16.3 Å². The Balaban J connectivity index is 1.73. The van der Waals surface area contributed by atoms with Crippen LogP contribution in [0.2, 0.25) is 0 Å². The van der Waals surface area contributed by atoms with E-state index in [2.05, 4.69) is 31.4 Å². The average molecular weight is 446 g/mol. The third kappa shape index (κ3) is 4.75. The molecule has 0 unspecified atom stereocenters. The monoisotopic (exact) mass is 445 g/mol. The van der Waals surface area contributed by atoms with E-state index in [1.807, 2.05) is 24.3 Å². The number of rotatable bonds is 6. The van der Waals surface area contributed by atoms with E-state index in [9.17, 15) is 9.59 Å². The highest BCUT2D eigenvalue weighted by Gasteiger charge is 2.10. The molecule has 1 amide bonds. The maximum Gasteiger partial charge on any atom is 0.277 e. The fraction of sp³-hybridized carbons (Fsp3) is 0.111. The number of amides is 1. The number of primary amides is 1. The van der Waals surface area contributed by atoms with Crippen LogP contribution < -0.4 is 16.6 Å². The molecule has 1 aromatic heterocycles. The van der Waals surface area contributed by atoms with E-state index in [1.54, 1.807) is 31.3 Å². The highest BCUT2D eigenvalue weighted by atomic mass is 79.9. The molecule has 2 aromatic carbocycles. The van der Waals surface area contributed by atoms with Gasteiger partial charge in [0.2, 0.25) is 11.9 Å². The summed E-state index contributed by atoms with van der Waals surface area (Å²) in [6, 6.07) is 14.4. The Labute approximate surface area is 168 Å². The Morgan fingerprint density at radius 2 is 1.81 bits per heavy atom. The number of thioether (sulfide) groups is 1. The fourth-order valence-electron chi connectivity index (χ4n) is 2.24. The van der Waals surface area contributed by atoms with Gasteiger partial charge in [0.05, 0.1) is 0 Å². The van der Waals surface area contributed by atoms with Crippen molar-refractivity contribution in [2.24, 2.45) is 12.8 Å². The summed E-state index contributed by atoms with van der Waals surface area (Å²) in [7, 11) is 1.63. The lowest BCUT2D eigenvalue weighted by atomic mass is 10.2. The molecule has 0 fully saturated rings. The highest BCUT2D eigenvalue weighted by molar-refractivity contribution is 9.10. The van der Waals surface area contributed by atoms with Crippen LogP contribution in [0.3, 0.4) is 0 Å². The van der Waals surface area contributed by atoms with Crippen LogP contribution >= 0.6 is 27.7 Å². The summed E-state index contributed by atoms with van der Waals surface area (Å²) in [6.07, 6.45) is 0. The highest BCUT2D eigenvalue weighted by Crippen LogP contribution is 2.23. The SMILES string of the molecule is Cn1c(Nc2ccc(C(N)=O)cc2)nnc(CSc2ccc(Br)cc2)c1=O. The van der Waals surface area contributed by atoms with Crippen molar-refractivity contribution in [3.63, 3.8) is 0 Å². The minimum Gasteiger partial charge on any atom is -0.366 e. The van der Waals surface area contributed by atoms with E-state index in [4.69, 9.17) is 5.73 Å². The number of aromatic nitrogens is 3. The molecule has 0 saturated heterocycles. The zero-order valence-electron chi connectivity index (χ0n) is 14.3. The molecular weight excluding hydrogens is 430 g/mol. The lowest BCUT2D eigenvalue weighted by molar-refractivity contribution is 0.100.